The molecule has 23 N–H and O–H groups in total. The molecular weight excluding hydrogens is 1340 g/mol. The number of nitrogens with one attached hydrogen (secondary N) is 7. The highest BCUT2D eigenvalue weighted by Gasteiger charge is 2.65. The maximum Gasteiger partial charge on any atom is 0.246 e. The predicted molar refractivity (Wildman–Crippen MR) is 341 cm³/mol. The SMILES string of the molecule is C[C@@H](c1ccccc1)C1NC(=O)CNC(=O)[C@H](CO)NC(=O)[C@@H]([C@@H](O)[C@@H]2CN=C(N)N2[C@H]2O[C@H](CO)[C@@H](O)[C@H](O)[C@@H]2O)NC(=O)[C@H]([C@@H](O)[C@@H]2CNC(N)=N2)NC(=O)[C@@H](Cc2ccc(O[C@H]3O[C@H](CO)[C@@H](O[C@H]4O[C@@H]5COC6(O[C@H]5[C@H](O)[C@@H]4O)C4CC5CC(C4)CC6C5)[C@H](O)[C@@H]3O)cc2)NC1=O. The second kappa shape index (κ2) is 30.7. The minimum absolute atomic E-state index is 0.0242. The smallest absolute Gasteiger partial charge is 0.246 e. The van der Waals surface area contributed by atoms with Crippen LogP contribution in [0.15, 0.2) is 64.6 Å². The normalized spacial score (nSPS) is 41.7. The third-order valence-electron chi connectivity index (χ3n) is 21.4. The van der Waals surface area contributed by atoms with Crippen molar-refractivity contribution >= 4 is 47.4 Å². The fraction of sp³-hybridized carbons (Fsp3) is 0.688. The highest BCUT2D eigenvalue weighted by molar-refractivity contribution is 5.98. The van der Waals surface area contributed by atoms with E-state index in [4.69, 9.17) is 44.6 Å². The number of fused-ring (bicyclic) bond motifs is 1. The van der Waals surface area contributed by atoms with Crippen molar-refractivity contribution in [1.29, 1.82) is 0 Å². The van der Waals surface area contributed by atoms with Gasteiger partial charge in [-0.05, 0) is 67.2 Å². The molecule has 0 aromatic heterocycles. The molecule has 11 aliphatic rings. The summed E-state index contributed by atoms with van der Waals surface area (Å²) in [6.45, 7) is -2.93. The van der Waals surface area contributed by atoms with Crippen molar-refractivity contribution in [2.45, 2.75) is 204 Å². The third kappa shape index (κ3) is 14.9. The molecule has 37 nitrogen and oxygen atoms in total. The standard InChI is InChI=1S/C64H90N12O25/c1-24(28-5-3-2-4-6-28)40-56(92)70-32(16-25-7-9-31(10-8-25)96-60-50(88)47(85)52(37(22-79)98-60)100-61-51(89)48(86)53-38(99-61)23-95-64(101-53)29-12-26-11-27(14-29)15-30(64)13-26)55(91)74-41(43(81)33-17-68-62(65)72-33)58(94)75-42(57(93)71-34(20-77)54(90)67-19-39(80)73-40)44(82)35-18-69-63(66)76(35)59-49(87)46(84)45(83)36(21-78)97-59/h2-10,24,26-27,29-30,32-38,40-53,59-61,77-79,81-89H,11-23H2,1H3,(H2,66,69)(H,67,90)(H,70,92)(H,71,93)(H,73,80)(H,74,91)(H,75,94)(H3,65,68,72)/t24-,26?,27?,29?,30?,32+,33-,34-,35-,36+,37+,38+,40?,41-,42+,43-,44-,45+,46-,47+,48+,49-,50-,51-,52+,53+,59-,60-,61+,64?/m0/s1. The van der Waals surface area contributed by atoms with Gasteiger partial charge in [0.15, 0.2) is 30.2 Å². The van der Waals surface area contributed by atoms with Gasteiger partial charge in [0.1, 0.15) is 121 Å². The Hall–Kier alpha value is -7.12. The summed E-state index contributed by atoms with van der Waals surface area (Å²) < 4.78 is 43.0. The molecule has 6 amide bonds. The van der Waals surface area contributed by atoms with E-state index < -0.39 is 239 Å². The number of hydrogen-bond acceptors (Lipinski definition) is 31. The molecule has 2 aromatic carbocycles. The molecule has 9 fully saturated rings. The monoisotopic (exact) mass is 1430 g/mol. The van der Waals surface area contributed by atoms with Crippen molar-refractivity contribution in [1.82, 2.24) is 42.1 Å². The number of ether oxygens (including phenoxy) is 7. The van der Waals surface area contributed by atoms with E-state index in [-0.39, 0.29) is 42.3 Å². The second-order valence-electron chi connectivity index (χ2n) is 27.8. The van der Waals surface area contributed by atoms with Gasteiger partial charge in [0, 0.05) is 30.7 Å². The predicted octanol–water partition coefficient (Wildman–Crippen LogP) is -10.4. The molecule has 7 heterocycles. The summed E-state index contributed by atoms with van der Waals surface area (Å²) in [5, 5.41) is 151. The van der Waals surface area contributed by atoms with Gasteiger partial charge in [-0.15, -0.1) is 0 Å². The van der Waals surface area contributed by atoms with Crippen LogP contribution >= 0.6 is 0 Å². The van der Waals surface area contributed by atoms with Crippen LogP contribution in [0.5, 0.6) is 5.75 Å². The Bertz CT molecular complexity index is 3330. The Morgan fingerprint density at radius 3 is 1.92 bits per heavy atom. The first-order chi connectivity index (χ1) is 48.3. The van der Waals surface area contributed by atoms with Gasteiger partial charge >= 0.3 is 0 Å². The minimum Gasteiger partial charge on any atom is -0.462 e. The molecule has 7 aliphatic heterocycles. The first kappa shape index (κ1) is 73.6. The van der Waals surface area contributed by atoms with Gasteiger partial charge in [0.05, 0.1) is 51.6 Å². The highest BCUT2D eigenvalue weighted by Crippen LogP contribution is 2.61. The van der Waals surface area contributed by atoms with E-state index in [2.05, 4.69) is 47.2 Å². The Labute approximate surface area is 577 Å². The van der Waals surface area contributed by atoms with Crippen LogP contribution in [-0.2, 0) is 63.6 Å². The van der Waals surface area contributed by atoms with Gasteiger partial charge in [-0.3, -0.25) is 33.8 Å². The van der Waals surface area contributed by atoms with E-state index >= 15 is 9.59 Å². The molecule has 25 atom stereocenters. The molecule has 1 spiro atoms. The Morgan fingerprint density at radius 2 is 1.27 bits per heavy atom. The molecule has 4 saturated carbocycles. The zero-order valence-electron chi connectivity index (χ0n) is 54.8. The Balaban J connectivity index is 0.790. The topological polar surface area (TPSA) is 574 Å². The summed E-state index contributed by atoms with van der Waals surface area (Å²) in [7, 11) is 0. The molecule has 4 aliphatic carbocycles. The number of guanidine groups is 2. The van der Waals surface area contributed by atoms with E-state index in [0.29, 0.717) is 17.4 Å². The van der Waals surface area contributed by atoms with Crippen molar-refractivity contribution in [3.8, 4) is 5.75 Å². The fourth-order valence-electron chi connectivity index (χ4n) is 16.0. The van der Waals surface area contributed by atoms with Crippen LogP contribution in [0.2, 0.25) is 0 Å². The van der Waals surface area contributed by atoms with Crippen LogP contribution in [0.4, 0.5) is 0 Å². The molecule has 101 heavy (non-hydrogen) atoms. The molecule has 37 heteroatoms. The average Bonchev–Trinajstić information content (AvgIpc) is 1.15. The zero-order chi connectivity index (χ0) is 72.0. The summed E-state index contributed by atoms with van der Waals surface area (Å²) in [4.78, 5) is 96.8. The van der Waals surface area contributed by atoms with Gasteiger partial charge in [-0.1, -0.05) is 49.4 Å². The molecule has 1 unspecified atom stereocenters. The lowest BCUT2D eigenvalue weighted by Crippen LogP contribution is -2.71. The number of aliphatic imine (C=N–C) groups is 2. The van der Waals surface area contributed by atoms with Gasteiger partial charge in [0.25, 0.3) is 0 Å². The lowest BCUT2D eigenvalue weighted by Gasteiger charge is -2.63. The highest BCUT2D eigenvalue weighted by atomic mass is 16.8. The van der Waals surface area contributed by atoms with Crippen molar-refractivity contribution in [2.75, 3.05) is 46.1 Å². The summed E-state index contributed by atoms with van der Waals surface area (Å²) in [5.41, 5.74) is 12.9. The van der Waals surface area contributed by atoms with Crippen molar-refractivity contribution < 1.29 is 123 Å². The number of aliphatic hydroxyl groups excluding tert-OH is 12. The first-order valence-corrected chi connectivity index (χ1v) is 33.9. The number of rotatable bonds is 16. The largest absolute Gasteiger partial charge is 0.462 e. The summed E-state index contributed by atoms with van der Waals surface area (Å²) in [5.74, 6) is -8.27. The first-order valence-electron chi connectivity index (χ1n) is 33.9. The molecule has 0 radical (unpaired) electrons. The molecule has 4 bridgehead atoms. The molecule has 13 rings (SSSR count). The van der Waals surface area contributed by atoms with Crippen LogP contribution in [0.1, 0.15) is 56.1 Å². The van der Waals surface area contributed by atoms with Gasteiger partial charge < -0.3 is 148 Å². The van der Waals surface area contributed by atoms with Crippen LogP contribution in [0, 0.1) is 23.7 Å². The molecule has 556 valence electrons. The number of hydrogen-bond donors (Lipinski definition) is 21. The number of benzene rings is 2. The van der Waals surface area contributed by atoms with Crippen molar-refractivity contribution in [3.63, 3.8) is 0 Å². The van der Waals surface area contributed by atoms with Gasteiger partial charge in [-0.25, -0.2) is 4.99 Å². The minimum atomic E-state index is -2.34. The number of carbonyl (C=O) groups excluding carboxylic acids is 6. The summed E-state index contributed by atoms with van der Waals surface area (Å²) in [6, 6.07) is 1.07. The van der Waals surface area contributed by atoms with E-state index in [9.17, 15) is 80.5 Å². The average molecular weight is 1430 g/mol. The van der Waals surface area contributed by atoms with Crippen LogP contribution < -0.4 is 53.4 Å². The molecular formula is C64H90N12O25. The Kier molecular flexibility index (Phi) is 22.4. The maximum atomic E-state index is 15.2. The van der Waals surface area contributed by atoms with Crippen molar-refractivity contribution in [2.24, 2.45) is 45.1 Å². The number of nitrogens with two attached hydrogens (primary N) is 2. The summed E-state index contributed by atoms with van der Waals surface area (Å²) in [6.07, 6.45) is -24.3. The van der Waals surface area contributed by atoms with Gasteiger partial charge in [0.2, 0.25) is 41.7 Å². The second-order valence-corrected chi connectivity index (χ2v) is 27.8. The number of aliphatic hydroxyl groups is 12. The van der Waals surface area contributed by atoms with Crippen molar-refractivity contribution in [3.05, 3.63) is 65.7 Å². The third-order valence-corrected chi connectivity index (χ3v) is 21.4. The van der Waals surface area contributed by atoms with E-state index in [1.807, 2.05) is 0 Å². The number of amides is 6. The fourth-order valence-corrected chi connectivity index (χ4v) is 16.0. The van der Waals surface area contributed by atoms with E-state index in [1.165, 1.54) is 30.7 Å². The number of nitrogens with zero attached hydrogens (tertiary/aromatic N) is 3. The maximum absolute atomic E-state index is 15.2. The van der Waals surface area contributed by atoms with Crippen LogP contribution in [0.3, 0.4) is 0 Å². The van der Waals surface area contributed by atoms with Crippen LogP contribution in [0.25, 0.3) is 0 Å². The van der Waals surface area contributed by atoms with Gasteiger partial charge in [-0.2, -0.15) is 0 Å². The molecule has 2 aromatic rings. The Morgan fingerprint density at radius 1 is 0.634 bits per heavy atom. The number of carbonyl (C=O) groups is 6. The van der Waals surface area contributed by atoms with Crippen LogP contribution in [-0.4, -0.2) is 312 Å². The van der Waals surface area contributed by atoms with E-state index in [0.717, 1.165) is 30.6 Å². The zero-order valence-corrected chi connectivity index (χ0v) is 54.8. The quantitative estimate of drug-likeness (QED) is 0.0742. The summed E-state index contributed by atoms with van der Waals surface area (Å²) >= 11 is 0. The molecule has 5 saturated heterocycles. The lowest BCUT2D eigenvalue weighted by atomic mass is 9.53. The lowest BCUT2D eigenvalue weighted by molar-refractivity contribution is -0.437. The van der Waals surface area contributed by atoms with E-state index in [1.54, 1.807) is 37.3 Å².